The fourth-order valence-corrected chi connectivity index (χ4v) is 7.13. The number of carbonyl (C=O) groups is 4. The molecule has 262 valence electrons. The highest BCUT2D eigenvalue weighted by Crippen LogP contribution is 2.46. The van der Waals surface area contributed by atoms with Crippen molar-refractivity contribution in [1.82, 2.24) is 20.5 Å². The van der Waals surface area contributed by atoms with Crippen LogP contribution in [0.25, 0.3) is 10.2 Å². The minimum Gasteiger partial charge on any atom is -0.457 e. The van der Waals surface area contributed by atoms with Gasteiger partial charge in [-0.3, -0.25) is 14.5 Å². The van der Waals surface area contributed by atoms with E-state index in [1.807, 2.05) is 55.5 Å². The summed E-state index contributed by atoms with van der Waals surface area (Å²) in [6.07, 6.45) is 2.21. The molecule has 5 amide bonds. The van der Waals surface area contributed by atoms with E-state index in [-0.39, 0.29) is 31.0 Å². The van der Waals surface area contributed by atoms with Crippen molar-refractivity contribution >= 4 is 62.6 Å². The van der Waals surface area contributed by atoms with Crippen molar-refractivity contribution in [2.45, 2.75) is 58.2 Å². The first-order valence-electron chi connectivity index (χ1n) is 16.4. The van der Waals surface area contributed by atoms with Crippen LogP contribution < -0.4 is 25.6 Å². The van der Waals surface area contributed by atoms with Crippen molar-refractivity contribution < 1.29 is 33.4 Å². The van der Waals surface area contributed by atoms with E-state index in [1.54, 1.807) is 42.8 Å². The number of anilines is 3. The van der Waals surface area contributed by atoms with Crippen LogP contribution >= 0.6 is 11.3 Å². The molecule has 1 fully saturated rings. The van der Waals surface area contributed by atoms with Gasteiger partial charge in [-0.05, 0) is 82.5 Å². The molecule has 0 aliphatic carbocycles. The van der Waals surface area contributed by atoms with E-state index >= 15 is 0 Å². The maximum atomic E-state index is 13.8. The minimum atomic E-state index is -0.949. The molecule has 2 aromatic heterocycles. The molecule has 0 spiro atoms. The molecule has 0 bridgehead atoms. The number of thiophene rings is 1. The highest BCUT2D eigenvalue weighted by molar-refractivity contribution is 7.21. The molecule has 2 aliphatic rings. The van der Waals surface area contributed by atoms with Gasteiger partial charge in [0.25, 0.3) is 5.91 Å². The van der Waals surface area contributed by atoms with Crippen LogP contribution in [-0.2, 0) is 14.3 Å². The molecule has 0 saturated carbocycles. The SMILES string of the molecule is COC[C@@H](NC(=O)OC(C)(C)C)C(=O)N1CCC[C@@H](NC(=O)c2sc3nccc4c3c2NC(=O)N4c2ccc(Oc3ccccc3)cc2C)C1. The van der Waals surface area contributed by atoms with Crippen molar-refractivity contribution in [2.24, 2.45) is 0 Å². The summed E-state index contributed by atoms with van der Waals surface area (Å²) in [4.78, 5) is 62.0. The number of nitrogens with zero attached hydrogens (tertiary/aromatic N) is 3. The quantitative estimate of drug-likeness (QED) is 0.183. The van der Waals surface area contributed by atoms with Gasteiger partial charge in [-0.15, -0.1) is 11.3 Å². The van der Waals surface area contributed by atoms with Gasteiger partial charge in [0.15, 0.2) is 0 Å². The Hall–Kier alpha value is -5.21. The number of likely N-dealkylation sites (tertiary alicyclic amines) is 1. The lowest BCUT2D eigenvalue weighted by Crippen LogP contribution is -2.56. The van der Waals surface area contributed by atoms with Crippen molar-refractivity contribution in [3.8, 4) is 11.5 Å². The summed E-state index contributed by atoms with van der Waals surface area (Å²) in [7, 11) is 1.45. The Morgan fingerprint density at radius 3 is 2.58 bits per heavy atom. The zero-order chi connectivity index (χ0) is 35.6. The number of hydrogen-bond donors (Lipinski definition) is 3. The van der Waals surface area contributed by atoms with E-state index in [1.165, 1.54) is 18.4 Å². The normalized spacial score (nSPS) is 16.4. The van der Waals surface area contributed by atoms with Gasteiger partial charge < -0.3 is 35.1 Å². The summed E-state index contributed by atoms with van der Waals surface area (Å²) in [6.45, 7) is 7.80. The van der Waals surface area contributed by atoms with Crippen LogP contribution in [0.3, 0.4) is 0 Å². The maximum Gasteiger partial charge on any atom is 0.408 e. The Bertz CT molecular complexity index is 1930. The molecule has 4 heterocycles. The summed E-state index contributed by atoms with van der Waals surface area (Å²) in [5.74, 6) is 0.644. The van der Waals surface area contributed by atoms with Crippen LogP contribution in [0.4, 0.5) is 26.7 Å². The second kappa shape index (κ2) is 14.3. The fraction of sp³-hybridized carbons (Fsp3) is 0.361. The van der Waals surface area contributed by atoms with Crippen molar-refractivity contribution in [1.29, 1.82) is 0 Å². The number of alkyl carbamates (subject to hydrolysis) is 1. The first-order valence-corrected chi connectivity index (χ1v) is 17.2. The van der Waals surface area contributed by atoms with E-state index in [4.69, 9.17) is 14.2 Å². The van der Waals surface area contributed by atoms with Crippen molar-refractivity contribution in [2.75, 3.05) is 37.0 Å². The Morgan fingerprint density at radius 2 is 1.86 bits per heavy atom. The van der Waals surface area contributed by atoms with Crippen LogP contribution in [0.15, 0.2) is 60.8 Å². The van der Waals surface area contributed by atoms with Gasteiger partial charge in [-0.1, -0.05) is 18.2 Å². The average molecular weight is 701 g/mol. The number of aromatic nitrogens is 1. The second-order valence-corrected chi connectivity index (χ2v) is 14.2. The molecule has 4 aromatic rings. The highest BCUT2D eigenvalue weighted by Gasteiger charge is 2.35. The van der Waals surface area contributed by atoms with Crippen LogP contribution in [0, 0.1) is 6.92 Å². The van der Waals surface area contributed by atoms with E-state index < -0.39 is 23.8 Å². The van der Waals surface area contributed by atoms with E-state index in [0.29, 0.717) is 63.0 Å². The lowest BCUT2D eigenvalue weighted by molar-refractivity contribution is -0.136. The molecule has 3 N–H and O–H groups in total. The fourth-order valence-electron chi connectivity index (χ4n) is 6.11. The molecule has 6 rings (SSSR count). The number of methoxy groups -OCH3 is 1. The summed E-state index contributed by atoms with van der Waals surface area (Å²) >= 11 is 1.19. The largest absolute Gasteiger partial charge is 0.457 e. The number of amides is 5. The third-order valence-corrected chi connectivity index (χ3v) is 9.33. The summed E-state index contributed by atoms with van der Waals surface area (Å²) in [5.41, 5.74) is 1.77. The van der Waals surface area contributed by atoms with Gasteiger partial charge in [-0.25, -0.2) is 14.6 Å². The van der Waals surface area contributed by atoms with Crippen LogP contribution in [-0.4, -0.2) is 78.3 Å². The standard InChI is InChI=1S/C36H40N6O7S/c1-21-18-24(48-23-11-7-6-8-12-23)13-14-26(21)42-27-15-16-37-32-28(27)29(40-34(42)45)30(50-32)31(43)38-22-10-9-17-41(19-22)33(44)25(20-47-5)39-35(46)49-36(2,3)4/h6-8,11-16,18,22,25H,9-10,17,19-20H2,1-5H3,(H,38,43)(H,39,46)(H,40,45)/t22-,25-/m1/s1. The van der Waals surface area contributed by atoms with Crippen molar-refractivity contribution in [3.63, 3.8) is 0 Å². The number of nitrogens with one attached hydrogen (secondary N) is 3. The number of hydrogen-bond acceptors (Lipinski definition) is 9. The molecule has 2 aromatic carbocycles. The monoisotopic (exact) mass is 700 g/mol. The number of piperidine rings is 1. The number of aryl methyl sites for hydroxylation is 1. The molecule has 13 nitrogen and oxygen atoms in total. The molecular formula is C36H40N6O7S. The van der Waals surface area contributed by atoms with Gasteiger partial charge in [0.05, 0.1) is 29.1 Å². The Kier molecular flexibility index (Phi) is 9.93. The molecule has 0 unspecified atom stereocenters. The second-order valence-electron chi connectivity index (χ2n) is 13.2. The summed E-state index contributed by atoms with van der Waals surface area (Å²) in [6, 6.07) is 15.0. The highest BCUT2D eigenvalue weighted by atomic mass is 32.1. The van der Waals surface area contributed by atoms with Crippen LogP contribution in [0.5, 0.6) is 11.5 Å². The summed E-state index contributed by atoms with van der Waals surface area (Å²) in [5, 5.41) is 9.29. The third-order valence-electron chi connectivity index (χ3n) is 8.23. The Morgan fingerprint density at radius 1 is 1.08 bits per heavy atom. The Labute approximate surface area is 293 Å². The maximum absolute atomic E-state index is 13.8. The predicted molar refractivity (Wildman–Crippen MR) is 191 cm³/mol. The molecule has 0 radical (unpaired) electrons. The zero-order valence-electron chi connectivity index (χ0n) is 28.6. The number of ether oxygens (including phenoxy) is 3. The van der Waals surface area contributed by atoms with Crippen molar-refractivity contribution in [3.05, 3.63) is 71.2 Å². The molecular weight excluding hydrogens is 660 g/mol. The molecule has 2 atom stereocenters. The number of carbonyl (C=O) groups excluding carboxylic acids is 4. The van der Waals surface area contributed by atoms with Crippen LogP contribution in [0.1, 0.15) is 48.8 Å². The lowest BCUT2D eigenvalue weighted by Gasteiger charge is -2.35. The number of urea groups is 1. The van der Waals surface area contributed by atoms with Crippen LogP contribution in [0.2, 0.25) is 0 Å². The lowest BCUT2D eigenvalue weighted by atomic mass is 10.0. The van der Waals surface area contributed by atoms with Gasteiger partial charge in [0, 0.05) is 32.4 Å². The number of para-hydroxylation sites is 1. The predicted octanol–water partition coefficient (Wildman–Crippen LogP) is 6.34. The first-order chi connectivity index (χ1) is 23.9. The van der Waals surface area contributed by atoms with Gasteiger partial charge in [-0.2, -0.15) is 0 Å². The number of benzene rings is 2. The smallest absolute Gasteiger partial charge is 0.408 e. The minimum absolute atomic E-state index is 0.0338. The average Bonchev–Trinajstić information content (AvgIpc) is 3.44. The zero-order valence-corrected chi connectivity index (χ0v) is 29.4. The third kappa shape index (κ3) is 7.50. The Balaban J connectivity index is 1.18. The molecule has 14 heteroatoms. The van der Waals surface area contributed by atoms with Gasteiger partial charge in [0.1, 0.15) is 32.8 Å². The van der Waals surface area contributed by atoms with Gasteiger partial charge in [0.2, 0.25) is 5.91 Å². The molecule has 2 aliphatic heterocycles. The number of pyridine rings is 1. The van der Waals surface area contributed by atoms with E-state index in [9.17, 15) is 19.2 Å². The van der Waals surface area contributed by atoms with Gasteiger partial charge >= 0.3 is 12.1 Å². The first kappa shape index (κ1) is 34.6. The topological polar surface area (TPSA) is 151 Å². The summed E-state index contributed by atoms with van der Waals surface area (Å²) < 4.78 is 16.5. The molecule has 50 heavy (non-hydrogen) atoms. The number of rotatable bonds is 9. The van der Waals surface area contributed by atoms with E-state index in [2.05, 4.69) is 20.9 Å². The molecule has 1 saturated heterocycles. The van der Waals surface area contributed by atoms with E-state index in [0.717, 1.165) is 5.56 Å².